The summed E-state index contributed by atoms with van der Waals surface area (Å²) >= 11 is 10.8. The van der Waals surface area contributed by atoms with Gasteiger partial charge < -0.3 is 10.8 Å². The maximum absolute atomic E-state index is 10.7. The second kappa shape index (κ2) is 3.96. The highest BCUT2D eigenvalue weighted by Gasteiger charge is 2.14. The summed E-state index contributed by atoms with van der Waals surface area (Å²) < 4.78 is 0. The minimum atomic E-state index is -0.903. The van der Waals surface area contributed by atoms with E-state index in [0.29, 0.717) is 5.56 Å². The first-order valence-corrected chi connectivity index (χ1v) is 4.21. The molecule has 0 aliphatic heterocycles. The number of carbonyl (C=O) groups is 1. The lowest BCUT2D eigenvalue weighted by Gasteiger charge is -2.07. The summed E-state index contributed by atoms with van der Waals surface area (Å²) in [6.45, 7) is 0. The highest BCUT2D eigenvalue weighted by atomic mass is 35.5. The molecular formula is C8H7Cl2NO2. The number of rotatable bonds is 2. The van der Waals surface area contributed by atoms with Crippen LogP contribution < -0.4 is 5.73 Å². The average Bonchev–Trinajstić information content (AvgIpc) is 2.08. The zero-order chi connectivity index (χ0) is 10.0. The molecule has 0 bridgehead atoms. The van der Waals surface area contributed by atoms with Gasteiger partial charge in [0.1, 0.15) is 11.8 Å². The molecule has 3 N–H and O–H groups in total. The van der Waals surface area contributed by atoms with Crippen molar-refractivity contribution in [3.63, 3.8) is 0 Å². The molecule has 0 saturated heterocycles. The van der Waals surface area contributed by atoms with Crippen molar-refractivity contribution < 1.29 is 9.90 Å². The molecule has 1 aromatic rings. The Balaban J connectivity index is 3.03. The molecule has 1 atom stereocenters. The molecule has 0 heterocycles. The lowest BCUT2D eigenvalue weighted by molar-refractivity contribution is -0.112. The number of carbonyl (C=O) groups excluding carboxylic acids is 1. The molecule has 0 saturated carbocycles. The van der Waals surface area contributed by atoms with Crippen LogP contribution in [0.5, 0.6) is 5.75 Å². The van der Waals surface area contributed by atoms with Gasteiger partial charge in [-0.1, -0.05) is 17.7 Å². The first-order chi connectivity index (χ1) is 6.02. The average molecular weight is 220 g/mol. The van der Waals surface area contributed by atoms with Gasteiger partial charge in [-0.3, -0.25) is 4.79 Å². The number of nitrogens with two attached hydrogens (primary N) is 1. The van der Waals surface area contributed by atoms with E-state index in [1.165, 1.54) is 18.2 Å². The maximum atomic E-state index is 10.7. The minimum Gasteiger partial charge on any atom is -0.506 e. The molecule has 3 nitrogen and oxygen atoms in total. The number of benzene rings is 1. The van der Waals surface area contributed by atoms with Gasteiger partial charge in [0.15, 0.2) is 0 Å². The van der Waals surface area contributed by atoms with Gasteiger partial charge in [0, 0.05) is 0 Å². The van der Waals surface area contributed by atoms with Crippen molar-refractivity contribution in [2.75, 3.05) is 0 Å². The molecule has 5 heteroatoms. The maximum Gasteiger partial charge on any atom is 0.242 e. The molecule has 0 fully saturated rings. The predicted octanol–water partition coefficient (Wildman–Crippen LogP) is 1.81. The van der Waals surface area contributed by atoms with Gasteiger partial charge in [-0.15, -0.1) is 0 Å². The van der Waals surface area contributed by atoms with Crippen molar-refractivity contribution in [3.8, 4) is 5.75 Å². The standard InChI is InChI=1S/C8H7Cl2NO2/c9-5-3-4(1-2-6(5)12)7(11)8(10)13/h1-3,7,12H,11H2/t7-/m0/s1. The zero-order valence-electron chi connectivity index (χ0n) is 6.50. The lowest BCUT2D eigenvalue weighted by atomic mass is 10.1. The Bertz CT molecular complexity index is 341. The molecule has 0 amide bonds. The van der Waals surface area contributed by atoms with Crippen LogP contribution in [0.4, 0.5) is 0 Å². The minimum absolute atomic E-state index is 0.0559. The second-order valence-corrected chi connectivity index (χ2v) is 3.27. The van der Waals surface area contributed by atoms with Gasteiger partial charge in [-0.25, -0.2) is 0 Å². The topological polar surface area (TPSA) is 63.3 Å². The smallest absolute Gasteiger partial charge is 0.242 e. The molecule has 0 aliphatic carbocycles. The first-order valence-electron chi connectivity index (χ1n) is 3.45. The fourth-order valence-electron chi connectivity index (χ4n) is 0.848. The quantitative estimate of drug-likeness (QED) is 0.747. The van der Waals surface area contributed by atoms with E-state index in [1.54, 1.807) is 0 Å². The van der Waals surface area contributed by atoms with E-state index in [1.807, 2.05) is 0 Å². The summed E-state index contributed by atoms with van der Waals surface area (Å²) in [5.41, 5.74) is 5.91. The number of hydrogen-bond acceptors (Lipinski definition) is 3. The largest absolute Gasteiger partial charge is 0.506 e. The third kappa shape index (κ3) is 2.34. The number of aromatic hydroxyl groups is 1. The summed E-state index contributed by atoms with van der Waals surface area (Å²) in [6.07, 6.45) is 0. The summed E-state index contributed by atoms with van der Waals surface area (Å²) in [7, 11) is 0. The van der Waals surface area contributed by atoms with Crippen LogP contribution in [0.15, 0.2) is 18.2 Å². The monoisotopic (exact) mass is 219 g/mol. The van der Waals surface area contributed by atoms with Gasteiger partial charge in [0.05, 0.1) is 5.02 Å². The van der Waals surface area contributed by atoms with Crippen molar-refractivity contribution in [1.29, 1.82) is 0 Å². The number of phenols is 1. The van der Waals surface area contributed by atoms with E-state index < -0.39 is 11.3 Å². The predicted molar refractivity (Wildman–Crippen MR) is 50.9 cm³/mol. The summed E-state index contributed by atoms with van der Waals surface area (Å²) in [4.78, 5) is 10.7. The Morgan fingerprint density at radius 2 is 2.15 bits per heavy atom. The third-order valence-electron chi connectivity index (χ3n) is 1.58. The molecule has 70 valence electrons. The first kappa shape index (κ1) is 10.3. The van der Waals surface area contributed by atoms with Gasteiger partial charge in [0.25, 0.3) is 0 Å². The Hall–Kier alpha value is -0.770. The highest BCUT2D eigenvalue weighted by Crippen LogP contribution is 2.26. The summed E-state index contributed by atoms with van der Waals surface area (Å²) in [6, 6.07) is 3.35. The van der Waals surface area contributed by atoms with E-state index in [2.05, 4.69) is 0 Å². The normalized spacial score (nSPS) is 12.5. The van der Waals surface area contributed by atoms with E-state index >= 15 is 0 Å². The number of phenolic OH excluding ortho intramolecular Hbond substituents is 1. The van der Waals surface area contributed by atoms with Crippen LogP contribution in [0.25, 0.3) is 0 Å². The summed E-state index contributed by atoms with van der Waals surface area (Å²) in [5.74, 6) is -0.0559. The Kier molecular flexibility index (Phi) is 3.14. The summed E-state index contributed by atoms with van der Waals surface area (Å²) in [5, 5.41) is 8.55. The molecule has 0 aromatic heterocycles. The fourth-order valence-corrected chi connectivity index (χ4v) is 1.16. The molecule has 0 unspecified atom stereocenters. The fraction of sp³-hybridized carbons (Fsp3) is 0.125. The van der Waals surface area contributed by atoms with Crippen molar-refractivity contribution >= 4 is 28.4 Å². The van der Waals surface area contributed by atoms with Crippen molar-refractivity contribution in [2.24, 2.45) is 5.73 Å². The van der Waals surface area contributed by atoms with Gasteiger partial charge in [-0.2, -0.15) is 0 Å². The Labute approximate surface area is 85.1 Å². The zero-order valence-corrected chi connectivity index (χ0v) is 8.01. The van der Waals surface area contributed by atoms with Crippen LogP contribution in [0, 0.1) is 0 Å². The Morgan fingerprint density at radius 1 is 1.54 bits per heavy atom. The second-order valence-electron chi connectivity index (χ2n) is 2.49. The molecular weight excluding hydrogens is 213 g/mol. The number of halogens is 2. The molecule has 0 spiro atoms. The molecule has 1 aromatic carbocycles. The van der Waals surface area contributed by atoms with Crippen molar-refractivity contribution in [2.45, 2.75) is 6.04 Å². The van der Waals surface area contributed by atoms with E-state index in [-0.39, 0.29) is 10.8 Å². The van der Waals surface area contributed by atoms with Crippen LogP contribution in [-0.4, -0.2) is 10.3 Å². The van der Waals surface area contributed by atoms with Crippen LogP contribution in [0.2, 0.25) is 5.02 Å². The molecule has 1 rings (SSSR count). The third-order valence-corrected chi connectivity index (χ3v) is 2.11. The number of hydrogen-bond donors (Lipinski definition) is 2. The molecule has 0 aliphatic rings. The Morgan fingerprint density at radius 3 is 2.62 bits per heavy atom. The van der Waals surface area contributed by atoms with Crippen molar-refractivity contribution in [1.82, 2.24) is 0 Å². The van der Waals surface area contributed by atoms with Crippen molar-refractivity contribution in [3.05, 3.63) is 28.8 Å². The van der Waals surface area contributed by atoms with Crippen LogP contribution in [0.3, 0.4) is 0 Å². The van der Waals surface area contributed by atoms with Crippen LogP contribution >= 0.6 is 23.2 Å². The lowest BCUT2D eigenvalue weighted by Crippen LogP contribution is -2.16. The van der Waals surface area contributed by atoms with E-state index in [4.69, 9.17) is 34.0 Å². The van der Waals surface area contributed by atoms with Crippen LogP contribution in [0.1, 0.15) is 11.6 Å². The van der Waals surface area contributed by atoms with Gasteiger partial charge in [0.2, 0.25) is 5.24 Å². The van der Waals surface area contributed by atoms with E-state index in [9.17, 15) is 4.79 Å². The SMILES string of the molecule is N[C@H](C(=O)Cl)c1ccc(O)c(Cl)c1. The molecule has 13 heavy (non-hydrogen) atoms. The van der Waals surface area contributed by atoms with E-state index in [0.717, 1.165) is 0 Å². The highest BCUT2D eigenvalue weighted by molar-refractivity contribution is 6.64. The van der Waals surface area contributed by atoms with Gasteiger partial charge >= 0.3 is 0 Å². The van der Waals surface area contributed by atoms with Crippen LogP contribution in [-0.2, 0) is 4.79 Å². The molecule has 0 radical (unpaired) electrons. The van der Waals surface area contributed by atoms with Gasteiger partial charge in [-0.05, 0) is 29.3 Å².